The largest absolute Gasteiger partial charge is 0.480 e. The molecule has 0 aromatic carbocycles. The van der Waals surface area contributed by atoms with Crippen molar-refractivity contribution < 1.29 is 19.1 Å². The Morgan fingerprint density at radius 1 is 1.44 bits per heavy atom. The maximum absolute atomic E-state index is 10.3. The van der Waals surface area contributed by atoms with Crippen LogP contribution < -0.4 is 0 Å². The number of carboxylic acid groups (broad SMARTS) is 1. The minimum absolute atomic E-state index is 0.0366. The Balaban J connectivity index is 2.04. The monoisotopic (exact) mass is 249 g/mol. The van der Waals surface area contributed by atoms with Gasteiger partial charge < -0.3 is 14.3 Å². The van der Waals surface area contributed by atoms with Crippen LogP contribution >= 0.6 is 0 Å². The van der Waals surface area contributed by atoms with Crippen LogP contribution in [-0.2, 0) is 16.1 Å². The number of ether oxygens (including phenoxy) is 1. The van der Waals surface area contributed by atoms with Crippen molar-refractivity contribution in [2.24, 2.45) is 0 Å². The summed E-state index contributed by atoms with van der Waals surface area (Å²) in [5.41, 5.74) is 1.42. The van der Waals surface area contributed by atoms with E-state index in [-0.39, 0.29) is 18.4 Å². The molecule has 0 radical (unpaired) electrons. The van der Waals surface area contributed by atoms with E-state index >= 15 is 0 Å². The molecule has 2 heterocycles. The van der Waals surface area contributed by atoms with Crippen molar-refractivity contribution in [3.63, 3.8) is 0 Å². The standard InChI is InChI=1S/C11H11N3O4/c1-7-3-2-4-8(12-7)11-14-13-9(18-11)5-17-6-10(15)16/h2-4H,5-6H2,1H3,(H,15,16). The van der Waals surface area contributed by atoms with Crippen molar-refractivity contribution in [2.75, 3.05) is 6.61 Å². The number of aliphatic carboxylic acids is 1. The Morgan fingerprint density at radius 3 is 3.00 bits per heavy atom. The molecule has 0 saturated carbocycles. The SMILES string of the molecule is Cc1cccc(-c2nnc(COCC(=O)O)o2)n1. The maximum Gasteiger partial charge on any atom is 0.329 e. The van der Waals surface area contributed by atoms with Gasteiger partial charge in [-0.3, -0.25) is 0 Å². The minimum Gasteiger partial charge on any atom is -0.480 e. The van der Waals surface area contributed by atoms with Crippen LogP contribution in [-0.4, -0.2) is 32.9 Å². The first kappa shape index (κ1) is 12.2. The van der Waals surface area contributed by atoms with Crippen molar-refractivity contribution in [3.05, 3.63) is 29.8 Å². The lowest BCUT2D eigenvalue weighted by Crippen LogP contribution is -2.06. The molecule has 0 aliphatic rings. The molecule has 2 aromatic heterocycles. The Hall–Kier alpha value is -2.28. The zero-order chi connectivity index (χ0) is 13.0. The molecule has 2 rings (SSSR count). The second kappa shape index (κ2) is 5.37. The van der Waals surface area contributed by atoms with Crippen molar-refractivity contribution in [1.82, 2.24) is 15.2 Å². The summed E-state index contributed by atoms with van der Waals surface area (Å²) in [6, 6.07) is 5.45. The Labute approximate surface area is 102 Å². The topological polar surface area (TPSA) is 98.3 Å². The molecule has 1 N–H and O–H groups in total. The minimum atomic E-state index is -1.05. The van der Waals surface area contributed by atoms with E-state index in [9.17, 15) is 4.79 Å². The number of pyridine rings is 1. The number of aryl methyl sites for hydroxylation is 1. The Kier molecular flexibility index (Phi) is 3.63. The molecule has 0 unspecified atom stereocenters. The number of hydrogen-bond acceptors (Lipinski definition) is 6. The highest BCUT2D eigenvalue weighted by Gasteiger charge is 2.10. The van der Waals surface area contributed by atoms with Gasteiger partial charge in [-0.05, 0) is 19.1 Å². The lowest BCUT2D eigenvalue weighted by molar-refractivity contribution is -0.142. The second-order valence-electron chi connectivity index (χ2n) is 3.55. The molecule has 0 atom stereocenters. The van der Waals surface area contributed by atoms with Crippen LogP contribution in [0.5, 0.6) is 0 Å². The van der Waals surface area contributed by atoms with Crippen molar-refractivity contribution in [1.29, 1.82) is 0 Å². The smallest absolute Gasteiger partial charge is 0.329 e. The summed E-state index contributed by atoms with van der Waals surface area (Å²) in [5, 5.41) is 16.0. The van der Waals surface area contributed by atoms with Crippen molar-refractivity contribution in [2.45, 2.75) is 13.5 Å². The fourth-order valence-electron chi connectivity index (χ4n) is 1.30. The summed E-state index contributed by atoms with van der Waals surface area (Å²) in [5.74, 6) is -0.544. The van der Waals surface area contributed by atoms with E-state index in [0.717, 1.165) is 5.69 Å². The van der Waals surface area contributed by atoms with Gasteiger partial charge in [0.25, 0.3) is 5.89 Å². The quantitative estimate of drug-likeness (QED) is 0.845. The molecule has 0 amide bonds. The predicted octanol–water partition coefficient (Wildman–Crippen LogP) is 1.04. The maximum atomic E-state index is 10.3. The van der Waals surface area contributed by atoms with Crippen LogP contribution in [0.25, 0.3) is 11.6 Å². The van der Waals surface area contributed by atoms with Gasteiger partial charge in [0.2, 0.25) is 5.89 Å². The molecule has 0 spiro atoms. The summed E-state index contributed by atoms with van der Waals surface area (Å²) in [7, 11) is 0. The van der Waals surface area contributed by atoms with Crippen LogP contribution in [0.4, 0.5) is 0 Å². The molecular weight excluding hydrogens is 238 g/mol. The van der Waals surface area contributed by atoms with Gasteiger partial charge >= 0.3 is 5.97 Å². The van der Waals surface area contributed by atoms with E-state index in [1.165, 1.54) is 0 Å². The van der Waals surface area contributed by atoms with Crippen LogP contribution in [0.3, 0.4) is 0 Å². The second-order valence-corrected chi connectivity index (χ2v) is 3.55. The Bertz CT molecular complexity index is 553. The van der Waals surface area contributed by atoms with Gasteiger partial charge in [-0.1, -0.05) is 6.07 Å². The van der Waals surface area contributed by atoms with Crippen LogP contribution in [0.1, 0.15) is 11.6 Å². The summed E-state index contributed by atoms with van der Waals surface area (Å²) in [6.45, 7) is 1.42. The van der Waals surface area contributed by atoms with Gasteiger partial charge in [0, 0.05) is 5.69 Å². The van der Waals surface area contributed by atoms with Gasteiger partial charge in [0.15, 0.2) is 0 Å². The lowest BCUT2D eigenvalue weighted by atomic mass is 10.3. The first-order valence-electron chi connectivity index (χ1n) is 5.21. The molecule has 7 heteroatoms. The molecule has 0 saturated heterocycles. The summed E-state index contributed by atoms with van der Waals surface area (Å²) >= 11 is 0. The van der Waals surface area contributed by atoms with Crippen molar-refractivity contribution in [3.8, 4) is 11.6 Å². The molecule has 0 fully saturated rings. The molecule has 18 heavy (non-hydrogen) atoms. The van der Waals surface area contributed by atoms with Crippen LogP contribution in [0.15, 0.2) is 22.6 Å². The van der Waals surface area contributed by atoms with E-state index in [2.05, 4.69) is 15.2 Å². The van der Waals surface area contributed by atoms with E-state index in [4.69, 9.17) is 14.3 Å². The van der Waals surface area contributed by atoms with E-state index in [1.54, 1.807) is 6.07 Å². The van der Waals surface area contributed by atoms with Gasteiger partial charge in [0.1, 0.15) is 18.9 Å². The third-order valence-corrected chi connectivity index (χ3v) is 2.03. The number of carbonyl (C=O) groups is 1. The van der Waals surface area contributed by atoms with Crippen LogP contribution in [0.2, 0.25) is 0 Å². The van der Waals surface area contributed by atoms with Crippen LogP contribution in [0, 0.1) is 6.92 Å². The third-order valence-electron chi connectivity index (χ3n) is 2.03. The van der Waals surface area contributed by atoms with Gasteiger partial charge in [-0.2, -0.15) is 0 Å². The first-order chi connectivity index (χ1) is 8.65. The number of hydrogen-bond donors (Lipinski definition) is 1. The molecule has 2 aromatic rings. The normalized spacial score (nSPS) is 10.5. The Morgan fingerprint density at radius 2 is 2.28 bits per heavy atom. The zero-order valence-electron chi connectivity index (χ0n) is 9.66. The average Bonchev–Trinajstić information content (AvgIpc) is 2.77. The van der Waals surface area contributed by atoms with E-state index in [0.29, 0.717) is 5.69 Å². The molecule has 0 bridgehead atoms. The fraction of sp³-hybridized carbons (Fsp3) is 0.273. The molecule has 0 aliphatic heterocycles. The van der Waals surface area contributed by atoms with E-state index < -0.39 is 12.6 Å². The summed E-state index contributed by atoms with van der Waals surface area (Å²) in [4.78, 5) is 14.5. The lowest BCUT2D eigenvalue weighted by Gasteiger charge is -1.96. The summed E-state index contributed by atoms with van der Waals surface area (Å²) in [6.07, 6.45) is 0. The van der Waals surface area contributed by atoms with Gasteiger partial charge in [-0.25, -0.2) is 9.78 Å². The fourth-order valence-corrected chi connectivity index (χ4v) is 1.30. The van der Waals surface area contributed by atoms with E-state index in [1.807, 2.05) is 19.1 Å². The molecule has 7 nitrogen and oxygen atoms in total. The average molecular weight is 249 g/mol. The first-order valence-corrected chi connectivity index (χ1v) is 5.21. The predicted molar refractivity (Wildman–Crippen MR) is 59.6 cm³/mol. The third kappa shape index (κ3) is 3.11. The van der Waals surface area contributed by atoms with Gasteiger partial charge in [0.05, 0.1) is 0 Å². The highest BCUT2D eigenvalue weighted by Crippen LogP contribution is 2.15. The molecule has 94 valence electrons. The number of carboxylic acids is 1. The highest BCUT2D eigenvalue weighted by atomic mass is 16.5. The van der Waals surface area contributed by atoms with Crippen molar-refractivity contribution >= 4 is 5.97 Å². The number of aromatic nitrogens is 3. The molecular formula is C11H11N3O4. The number of nitrogens with zero attached hydrogens (tertiary/aromatic N) is 3. The van der Waals surface area contributed by atoms with Gasteiger partial charge in [-0.15, -0.1) is 10.2 Å². The highest BCUT2D eigenvalue weighted by molar-refractivity contribution is 5.67. The zero-order valence-corrected chi connectivity index (χ0v) is 9.66. The molecule has 0 aliphatic carbocycles. The summed E-state index contributed by atoms with van der Waals surface area (Å²) < 4.78 is 10.1. The number of rotatable bonds is 5.